The molecule has 1 heterocycles. The van der Waals surface area contributed by atoms with Crippen molar-refractivity contribution in [3.8, 4) is 0 Å². The number of amides is 2. The molecule has 0 unspecified atom stereocenters. The molecule has 10 nitrogen and oxygen atoms in total. The summed E-state index contributed by atoms with van der Waals surface area (Å²) >= 11 is 0. The monoisotopic (exact) mass is 361 g/mol. The second-order valence-corrected chi connectivity index (χ2v) is 6.87. The van der Waals surface area contributed by atoms with Crippen LogP contribution in [0.2, 0.25) is 0 Å². The van der Waals surface area contributed by atoms with Gasteiger partial charge in [-0.25, -0.2) is 4.68 Å². The molecule has 1 rings (SSSR count). The molecule has 0 aliphatic rings. The number of likely N-dealkylation sites (N-methyl/N-ethyl adjacent to an activating group) is 1. The average Bonchev–Trinajstić information content (AvgIpc) is 3.01. The summed E-state index contributed by atoms with van der Waals surface area (Å²) in [6.07, 6.45) is 1.31. The lowest BCUT2D eigenvalue weighted by molar-refractivity contribution is -0.128. The zero-order chi connectivity index (χ0) is 18.2. The Hall–Kier alpha value is -1.77. The molecule has 1 atom stereocenters. The molecule has 0 aromatic carbocycles. The minimum absolute atomic E-state index is 0.111. The van der Waals surface area contributed by atoms with Crippen LogP contribution < -0.4 is 16.1 Å². The molecular weight excluding hydrogens is 337 g/mol. The van der Waals surface area contributed by atoms with Crippen LogP contribution in [0.15, 0.2) is 6.20 Å². The van der Waals surface area contributed by atoms with Crippen molar-refractivity contribution < 1.29 is 23.2 Å². The lowest BCUT2D eigenvalue weighted by Gasteiger charge is -2.18. The Morgan fingerprint density at radius 2 is 1.96 bits per heavy atom. The summed E-state index contributed by atoms with van der Waals surface area (Å²) in [5.41, 5.74) is 0.192. The van der Waals surface area contributed by atoms with Gasteiger partial charge in [0, 0.05) is 7.05 Å². The molecular formula is C13H24N5O5P. The molecule has 0 bridgehead atoms. The van der Waals surface area contributed by atoms with Crippen molar-refractivity contribution in [3.05, 3.63) is 6.20 Å². The number of rotatable bonds is 10. The third-order valence-corrected chi connectivity index (χ3v) is 5.18. The van der Waals surface area contributed by atoms with E-state index < -0.39 is 13.5 Å². The molecule has 1 aromatic heterocycles. The van der Waals surface area contributed by atoms with Crippen LogP contribution in [0.4, 0.5) is 0 Å². The van der Waals surface area contributed by atoms with Gasteiger partial charge < -0.3 is 19.7 Å². The molecule has 2 N–H and O–H groups in total. The molecule has 24 heavy (non-hydrogen) atoms. The lowest BCUT2D eigenvalue weighted by Crippen LogP contribution is -2.39. The first kappa shape index (κ1) is 20.3. The highest BCUT2D eigenvalue weighted by Gasteiger charge is 2.32. The number of aromatic nitrogens is 3. The van der Waals surface area contributed by atoms with Gasteiger partial charge in [-0.15, -0.1) is 5.10 Å². The fourth-order valence-electron chi connectivity index (χ4n) is 1.88. The first-order valence-corrected chi connectivity index (χ1v) is 9.18. The van der Waals surface area contributed by atoms with E-state index in [0.717, 1.165) is 0 Å². The van der Waals surface area contributed by atoms with Crippen molar-refractivity contribution in [1.82, 2.24) is 25.6 Å². The quantitative estimate of drug-likeness (QED) is 0.547. The van der Waals surface area contributed by atoms with Gasteiger partial charge in [0.1, 0.15) is 0 Å². The zero-order valence-electron chi connectivity index (χ0n) is 14.3. The number of nitrogens with zero attached hydrogens (tertiary/aromatic N) is 3. The second kappa shape index (κ2) is 9.51. The van der Waals surface area contributed by atoms with Gasteiger partial charge in [-0.1, -0.05) is 12.1 Å². The standard InChI is InChI=1S/C13H24N5O5P/c1-5-22-24(21,23-6-2)12-8-16-17-18(12)9-10(3)13(20)15-7-11(19)14-4/h8,10H,5-7,9H2,1-4H3,(H,14,19)(H,15,20)/t10-/m0/s1. The topological polar surface area (TPSA) is 124 Å². The fraction of sp³-hybridized carbons (Fsp3) is 0.692. The Morgan fingerprint density at radius 1 is 1.33 bits per heavy atom. The molecule has 0 saturated carbocycles. The van der Waals surface area contributed by atoms with E-state index in [2.05, 4.69) is 20.9 Å². The minimum atomic E-state index is -3.54. The van der Waals surface area contributed by atoms with Gasteiger partial charge >= 0.3 is 7.60 Å². The largest absolute Gasteiger partial charge is 0.380 e. The van der Waals surface area contributed by atoms with Crippen LogP contribution in [0.25, 0.3) is 0 Å². The molecule has 0 aliphatic heterocycles. The summed E-state index contributed by atoms with van der Waals surface area (Å²) in [5, 5.41) is 12.5. The molecule has 0 radical (unpaired) electrons. The van der Waals surface area contributed by atoms with Crippen LogP contribution in [0.5, 0.6) is 0 Å². The van der Waals surface area contributed by atoms with Crippen molar-refractivity contribution in [2.24, 2.45) is 5.92 Å². The molecule has 0 saturated heterocycles. The van der Waals surface area contributed by atoms with Crippen LogP contribution >= 0.6 is 7.60 Å². The van der Waals surface area contributed by atoms with Crippen molar-refractivity contribution in [2.75, 3.05) is 26.8 Å². The summed E-state index contributed by atoms with van der Waals surface area (Å²) in [6, 6.07) is 0. The normalized spacial score (nSPS) is 12.7. The first-order chi connectivity index (χ1) is 11.4. The van der Waals surface area contributed by atoms with Gasteiger partial charge in [-0.2, -0.15) is 0 Å². The Labute approximate surface area is 140 Å². The molecule has 136 valence electrons. The summed E-state index contributed by atoms with van der Waals surface area (Å²) < 4.78 is 24.7. The van der Waals surface area contributed by atoms with E-state index in [9.17, 15) is 14.2 Å². The number of carbonyl (C=O) groups excluding carboxylic acids is 2. The SMILES string of the molecule is CCOP(=O)(OCC)c1cnnn1C[C@H](C)C(=O)NCC(=O)NC. The fourth-order valence-corrected chi connectivity index (χ4v) is 3.49. The van der Waals surface area contributed by atoms with Gasteiger partial charge in [-0.3, -0.25) is 14.2 Å². The maximum atomic E-state index is 12.8. The maximum absolute atomic E-state index is 12.8. The van der Waals surface area contributed by atoms with E-state index in [1.54, 1.807) is 20.8 Å². The molecule has 2 amide bonds. The lowest BCUT2D eigenvalue weighted by atomic mass is 10.1. The van der Waals surface area contributed by atoms with Crippen LogP contribution in [0.3, 0.4) is 0 Å². The van der Waals surface area contributed by atoms with Crippen LogP contribution in [-0.2, 0) is 29.7 Å². The van der Waals surface area contributed by atoms with E-state index in [0.29, 0.717) is 0 Å². The van der Waals surface area contributed by atoms with Crippen LogP contribution in [0.1, 0.15) is 20.8 Å². The predicted octanol–water partition coefficient (Wildman–Crippen LogP) is -0.332. The van der Waals surface area contributed by atoms with Crippen LogP contribution in [0, 0.1) is 5.92 Å². The number of hydrogen-bond acceptors (Lipinski definition) is 7. The molecule has 0 spiro atoms. The zero-order valence-corrected chi connectivity index (χ0v) is 15.2. The number of nitrogens with one attached hydrogen (secondary N) is 2. The molecule has 0 aliphatic carbocycles. The number of carbonyl (C=O) groups is 2. The average molecular weight is 361 g/mol. The van der Waals surface area contributed by atoms with E-state index >= 15 is 0 Å². The van der Waals surface area contributed by atoms with Gasteiger partial charge in [0.25, 0.3) is 0 Å². The van der Waals surface area contributed by atoms with E-state index in [-0.39, 0.29) is 43.6 Å². The first-order valence-electron chi connectivity index (χ1n) is 7.64. The highest BCUT2D eigenvalue weighted by molar-refractivity contribution is 7.61. The van der Waals surface area contributed by atoms with Crippen molar-refractivity contribution in [3.63, 3.8) is 0 Å². The van der Waals surface area contributed by atoms with Crippen molar-refractivity contribution >= 4 is 24.8 Å². The van der Waals surface area contributed by atoms with Gasteiger partial charge in [0.2, 0.25) is 11.8 Å². The Morgan fingerprint density at radius 3 is 2.50 bits per heavy atom. The summed E-state index contributed by atoms with van der Waals surface area (Å²) in [4.78, 5) is 23.2. The Kier molecular flexibility index (Phi) is 8.03. The second-order valence-electron chi connectivity index (χ2n) is 4.90. The van der Waals surface area contributed by atoms with E-state index in [1.165, 1.54) is 17.9 Å². The van der Waals surface area contributed by atoms with Gasteiger partial charge in [0.15, 0.2) is 5.44 Å². The van der Waals surface area contributed by atoms with Gasteiger partial charge in [0.05, 0.1) is 38.4 Å². The van der Waals surface area contributed by atoms with Crippen molar-refractivity contribution in [1.29, 1.82) is 0 Å². The molecule has 11 heteroatoms. The summed E-state index contributed by atoms with van der Waals surface area (Å²) in [5.74, 6) is -1.15. The highest BCUT2D eigenvalue weighted by atomic mass is 31.2. The summed E-state index contributed by atoms with van der Waals surface area (Å²) in [6.45, 7) is 5.48. The highest BCUT2D eigenvalue weighted by Crippen LogP contribution is 2.46. The van der Waals surface area contributed by atoms with Crippen molar-refractivity contribution in [2.45, 2.75) is 27.3 Å². The maximum Gasteiger partial charge on any atom is 0.380 e. The van der Waals surface area contributed by atoms with E-state index in [4.69, 9.17) is 9.05 Å². The Bertz CT molecular complexity index is 595. The molecule has 0 fully saturated rings. The summed E-state index contributed by atoms with van der Waals surface area (Å²) in [7, 11) is -2.06. The molecule has 1 aromatic rings. The van der Waals surface area contributed by atoms with E-state index in [1.807, 2.05) is 0 Å². The van der Waals surface area contributed by atoms with Crippen LogP contribution in [-0.4, -0.2) is 53.6 Å². The number of hydrogen-bond donors (Lipinski definition) is 2. The Balaban J connectivity index is 2.82. The third kappa shape index (κ3) is 5.40. The van der Waals surface area contributed by atoms with Gasteiger partial charge in [-0.05, 0) is 13.8 Å². The minimum Gasteiger partial charge on any atom is -0.358 e. The predicted molar refractivity (Wildman–Crippen MR) is 86.8 cm³/mol. The third-order valence-electron chi connectivity index (χ3n) is 3.07. The smallest absolute Gasteiger partial charge is 0.358 e.